The molecule has 0 saturated carbocycles. The maximum absolute atomic E-state index is 12.6. The van der Waals surface area contributed by atoms with Crippen LogP contribution in [0.3, 0.4) is 0 Å². The van der Waals surface area contributed by atoms with E-state index in [9.17, 15) is 14.4 Å². The fraction of sp³-hybridized carbons (Fsp3) is 0.286. The SMILES string of the molecule is CC(C)NC(=O)CSc1ccccc1C(=O)O[C@H](C)C(=O)c1ccc(Cl)cc1. The van der Waals surface area contributed by atoms with E-state index in [0.717, 1.165) is 0 Å². The number of thioether (sulfide) groups is 1. The lowest BCUT2D eigenvalue weighted by molar-refractivity contribution is -0.119. The van der Waals surface area contributed by atoms with Gasteiger partial charge in [0.2, 0.25) is 11.7 Å². The van der Waals surface area contributed by atoms with Crippen LogP contribution in [0.1, 0.15) is 41.5 Å². The molecule has 0 aliphatic carbocycles. The molecular weight excluding hydrogens is 398 g/mol. The molecule has 5 nitrogen and oxygen atoms in total. The van der Waals surface area contributed by atoms with Crippen molar-refractivity contribution in [2.45, 2.75) is 37.8 Å². The molecule has 0 fully saturated rings. The third kappa shape index (κ3) is 6.39. The predicted octanol–water partition coefficient (Wildman–Crippen LogP) is 4.38. The number of amides is 1. The summed E-state index contributed by atoms with van der Waals surface area (Å²) in [7, 11) is 0. The minimum atomic E-state index is -0.948. The van der Waals surface area contributed by atoms with Crippen molar-refractivity contribution in [1.82, 2.24) is 5.32 Å². The van der Waals surface area contributed by atoms with E-state index in [1.54, 1.807) is 48.5 Å². The zero-order chi connectivity index (χ0) is 20.7. The minimum absolute atomic E-state index is 0.0491. The smallest absolute Gasteiger partial charge is 0.339 e. The van der Waals surface area contributed by atoms with Gasteiger partial charge in [-0.3, -0.25) is 9.59 Å². The molecule has 0 aliphatic heterocycles. The van der Waals surface area contributed by atoms with Gasteiger partial charge in [0, 0.05) is 21.5 Å². The van der Waals surface area contributed by atoms with E-state index in [0.29, 0.717) is 21.0 Å². The standard InChI is InChI=1S/C21H22ClNO4S/c1-13(2)23-19(24)12-28-18-7-5-4-6-17(18)21(26)27-14(3)20(25)15-8-10-16(22)11-9-15/h4-11,13-14H,12H2,1-3H3,(H,23,24)/t14-/m1/s1. The Kier molecular flexibility index (Phi) is 8.08. The average molecular weight is 420 g/mol. The van der Waals surface area contributed by atoms with Gasteiger partial charge in [-0.25, -0.2) is 4.79 Å². The van der Waals surface area contributed by atoms with Gasteiger partial charge in [0.05, 0.1) is 11.3 Å². The Morgan fingerprint density at radius 1 is 1.04 bits per heavy atom. The van der Waals surface area contributed by atoms with E-state index in [-0.39, 0.29) is 23.5 Å². The average Bonchev–Trinajstić information content (AvgIpc) is 2.66. The van der Waals surface area contributed by atoms with Gasteiger partial charge in [-0.1, -0.05) is 23.7 Å². The summed E-state index contributed by atoms with van der Waals surface area (Å²) in [6, 6.07) is 13.3. The number of Topliss-reactive ketones (excluding diaryl/α,β-unsaturated/α-hetero) is 1. The first-order valence-electron chi connectivity index (χ1n) is 8.80. The highest BCUT2D eigenvalue weighted by Crippen LogP contribution is 2.24. The van der Waals surface area contributed by atoms with Crippen LogP contribution in [0.25, 0.3) is 0 Å². The van der Waals surface area contributed by atoms with Gasteiger partial charge in [-0.05, 0) is 57.2 Å². The Morgan fingerprint density at radius 2 is 1.68 bits per heavy atom. The zero-order valence-electron chi connectivity index (χ0n) is 15.9. The first-order valence-corrected chi connectivity index (χ1v) is 10.2. The molecule has 2 aromatic carbocycles. The van der Waals surface area contributed by atoms with Gasteiger partial charge in [0.25, 0.3) is 0 Å². The summed E-state index contributed by atoms with van der Waals surface area (Å²) in [5.41, 5.74) is 0.735. The third-order valence-electron chi connectivity index (χ3n) is 3.70. The highest BCUT2D eigenvalue weighted by atomic mass is 35.5. The van der Waals surface area contributed by atoms with E-state index < -0.39 is 12.1 Å². The molecule has 0 heterocycles. The van der Waals surface area contributed by atoms with Crippen molar-refractivity contribution in [3.05, 3.63) is 64.7 Å². The number of halogens is 1. The first kappa shape index (κ1) is 22.0. The van der Waals surface area contributed by atoms with E-state index >= 15 is 0 Å². The molecule has 0 radical (unpaired) electrons. The van der Waals surface area contributed by atoms with Gasteiger partial charge >= 0.3 is 5.97 Å². The van der Waals surface area contributed by atoms with E-state index in [2.05, 4.69) is 5.32 Å². The molecule has 148 valence electrons. The number of carbonyl (C=O) groups is 3. The lowest BCUT2D eigenvalue weighted by Crippen LogP contribution is -2.31. The lowest BCUT2D eigenvalue weighted by Gasteiger charge is -2.14. The summed E-state index contributed by atoms with van der Waals surface area (Å²) in [6.45, 7) is 5.29. The van der Waals surface area contributed by atoms with Crippen LogP contribution in [0.5, 0.6) is 0 Å². The maximum Gasteiger partial charge on any atom is 0.339 e. The summed E-state index contributed by atoms with van der Waals surface area (Å²) in [5.74, 6) is -0.857. The fourth-order valence-corrected chi connectivity index (χ4v) is 3.37. The summed E-state index contributed by atoms with van der Waals surface area (Å²) < 4.78 is 5.36. The van der Waals surface area contributed by atoms with Gasteiger partial charge in [-0.2, -0.15) is 0 Å². The predicted molar refractivity (Wildman–Crippen MR) is 111 cm³/mol. The zero-order valence-corrected chi connectivity index (χ0v) is 17.5. The molecule has 1 atom stereocenters. The maximum atomic E-state index is 12.6. The molecule has 1 N–H and O–H groups in total. The molecule has 2 rings (SSSR count). The van der Waals surface area contributed by atoms with Crippen molar-refractivity contribution in [1.29, 1.82) is 0 Å². The number of carbonyl (C=O) groups excluding carboxylic acids is 3. The Hall–Kier alpha value is -2.31. The van der Waals surface area contributed by atoms with Crippen molar-refractivity contribution in [3.8, 4) is 0 Å². The molecule has 28 heavy (non-hydrogen) atoms. The van der Waals surface area contributed by atoms with Crippen molar-refractivity contribution < 1.29 is 19.1 Å². The quantitative estimate of drug-likeness (QED) is 0.390. The number of esters is 1. The van der Waals surface area contributed by atoms with Crippen LogP contribution in [-0.4, -0.2) is 35.6 Å². The number of ether oxygens (including phenoxy) is 1. The van der Waals surface area contributed by atoms with Gasteiger partial charge in [-0.15, -0.1) is 11.8 Å². The third-order valence-corrected chi connectivity index (χ3v) is 5.02. The number of hydrogen-bond acceptors (Lipinski definition) is 5. The van der Waals surface area contributed by atoms with Crippen LogP contribution >= 0.6 is 23.4 Å². The highest BCUT2D eigenvalue weighted by molar-refractivity contribution is 8.00. The fourth-order valence-electron chi connectivity index (χ4n) is 2.39. The van der Waals surface area contributed by atoms with Gasteiger partial charge in [0.15, 0.2) is 6.10 Å². The summed E-state index contributed by atoms with van der Waals surface area (Å²) >= 11 is 7.08. The molecule has 0 aromatic heterocycles. The Bertz CT molecular complexity index is 852. The summed E-state index contributed by atoms with van der Waals surface area (Å²) in [5, 5.41) is 3.32. The van der Waals surface area contributed by atoms with E-state index in [1.807, 2.05) is 13.8 Å². The second kappa shape index (κ2) is 10.3. The number of hydrogen-bond donors (Lipinski definition) is 1. The molecule has 1 amide bonds. The molecule has 2 aromatic rings. The van der Waals surface area contributed by atoms with Crippen LogP contribution in [-0.2, 0) is 9.53 Å². The van der Waals surface area contributed by atoms with Crippen LogP contribution in [0.4, 0.5) is 0 Å². The van der Waals surface area contributed by atoms with E-state index in [4.69, 9.17) is 16.3 Å². The molecule has 0 saturated heterocycles. The Balaban J connectivity index is 2.04. The van der Waals surface area contributed by atoms with Crippen molar-refractivity contribution in [2.75, 3.05) is 5.75 Å². The van der Waals surface area contributed by atoms with Crippen molar-refractivity contribution in [3.63, 3.8) is 0 Å². The monoisotopic (exact) mass is 419 g/mol. The largest absolute Gasteiger partial charge is 0.451 e. The number of benzene rings is 2. The van der Waals surface area contributed by atoms with Crippen LogP contribution in [0.15, 0.2) is 53.4 Å². The Morgan fingerprint density at radius 3 is 2.32 bits per heavy atom. The summed E-state index contributed by atoms with van der Waals surface area (Å²) in [6.07, 6.45) is -0.948. The van der Waals surface area contributed by atoms with Crippen LogP contribution in [0.2, 0.25) is 5.02 Å². The number of rotatable bonds is 8. The van der Waals surface area contributed by atoms with Crippen molar-refractivity contribution in [2.24, 2.45) is 0 Å². The highest BCUT2D eigenvalue weighted by Gasteiger charge is 2.22. The second-order valence-corrected chi connectivity index (χ2v) is 7.88. The molecule has 0 spiro atoms. The molecule has 0 unspecified atom stereocenters. The summed E-state index contributed by atoms with van der Waals surface area (Å²) in [4.78, 5) is 37.5. The topological polar surface area (TPSA) is 72.5 Å². The lowest BCUT2D eigenvalue weighted by atomic mass is 10.1. The second-order valence-electron chi connectivity index (χ2n) is 6.43. The van der Waals surface area contributed by atoms with E-state index in [1.165, 1.54) is 18.7 Å². The number of nitrogens with one attached hydrogen (secondary N) is 1. The molecule has 0 bridgehead atoms. The number of ketones is 1. The van der Waals surface area contributed by atoms with Crippen LogP contribution in [0, 0.1) is 0 Å². The minimum Gasteiger partial charge on any atom is -0.451 e. The van der Waals surface area contributed by atoms with Crippen molar-refractivity contribution >= 4 is 41.0 Å². The van der Waals surface area contributed by atoms with Gasteiger partial charge in [0.1, 0.15) is 0 Å². The molecule has 7 heteroatoms. The Labute approximate surface area is 173 Å². The van der Waals surface area contributed by atoms with Crippen LogP contribution < -0.4 is 5.32 Å². The molecular formula is C21H22ClNO4S. The van der Waals surface area contributed by atoms with Gasteiger partial charge < -0.3 is 10.1 Å². The normalized spacial score (nSPS) is 11.8. The first-order chi connectivity index (χ1) is 13.3. The molecule has 0 aliphatic rings.